The first-order valence-electron chi connectivity index (χ1n) is 5.08. The average molecular weight is 347 g/mol. The maximum Gasteiger partial charge on any atom is 0.357 e. The fourth-order valence-electron chi connectivity index (χ4n) is 1.38. The third-order valence-corrected chi connectivity index (χ3v) is 4.87. The number of thiophene rings is 1. The van der Waals surface area contributed by atoms with Gasteiger partial charge in [-0.3, -0.25) is 0 Å². The van der Waals surface area contributed by atoms with Crippen LogP contribution < -0.4 is 4.90 Å². The number of ether oxygens (including phenoxy) is 1. The van der Waals surface area contributed by atoms with Crippen LogP contribution in [0.3, 0.4) is 0 Å². The number of anilines is 1. The third-order valence-electron chi connectivity index (χ3n) is 2.23. The Kier molecular flexibility index (Phi) is 4.36. The van der Waals surface area contributed by atoms with Crippen LogP contribution in [-0.2, 0) is 11.3 Å². The number of carbonyl (C=O) groups excluding carboxylic acids is 1. The molecule has 0 saturated carbocycles. The van der Waals surface area contributed by atoms with E-state index in [1.165, 1.54) is 23.3 Å². The maximum atomic E-state index is 11.3. The lowest BCUT2D eigenvalue weighted by Crippen LogP contribution is -2.15. The normalized spacial score (nSPS) is 10.4. The lowest BCUT2D eigenvalue weighted by Gasteiger charge is -2.13. The van der Waals surface area contributed by atoms with Gasteiger partial charge in [-0.05, 0) is 22.0 Å². The van der Waals surface area contributed by atoms with Crippen LogP contribution in [0.25, 0.3) is 0 Å². The zero-order chi connectivity index (χ0) is 13.1. The van der Waals surface area contributed by atoms with Crippen molar-refractivity contribution in [2.24, 2.45) is 0 Å². The van der Waals surface area contributed by atoms with Crippen molar-refractivity contribution in [3.8, 4) is 0 Å². The lowest BCUT2D eigenvalue weighted by atomic mass is 10.4. The van der Waals surface area contributed by atoms with E-state index in [0.29, 0.717) is 5.69 Å². The van der Waals surface area contributed by atoms with Gasteiger partial charge in [-0.2, -0.15) is 0 Å². The molecule has 0 N–H and O–H groups in total. The van der Waals surface area contributed by atoms with Crippen LogP contribution in [-0.4, -0.2) is 25.1 Å². The summed E-state index contributed by atoms with van der Waals surface area (Å²) in [7, 11) is 3.31. The Hall–Kier alpha value is -0.920. The molecule has 0 atom stereocenters. The topological polar surface area (TPSA) is 42.4 Å². The summed E-state index contributed by atoms with van der Waals surface area (Å²) in [5.41, 5.74) is 0.358. The number of carbonyl (C=O) groups is 1. The molecule has 0 spiro atoms. The second-order valence-electron chi connectivity index (χ2n) is 3.59. The Morgan fingerprint density at radius 2 is 2.28 bits per heavy atom. The minimum Gasteiger partial charge on any atom is -0.464 e. The van der Waals surface area contributed by atoms with Crippen LogP contribution in [0.4, 0.5) is 5.13 Å². The van der Waals surface area contributed by atoms with Gasteiger partial charge in [-0.25, -0.2) is 9.78 Å². The molecule has 0 fully saturated rings. The van der Waals surface area contributed by atoms with Crippen LogP contribution >= 0.6 is 38.6 Å². The quantitative estimate of drug-likeness (QED) is 0.795. The van der Waals surface area contributed by atoms with E-state index in [1.54, 1.807) is 16.7 Å². The molecule has 2 aromatic rings. The van der Waals surface area contributed by atoms with Crippen LogP contribution in [0.1, 0.15) is 15.4 Å². The molecule has 2 rings (SSSR count). The van der Waals surface area contributed by atoms with Gasteiger partial charge in [0.05, 0.1) is 13.7 Å². The molecule has 0 aromatic carbocycles. The van der Waals surface area contributed by atoms with Crippen LogP contribution in [0.2, 0.25) is 0 Å². The molecule has 0 unspecified atom stereocenters. The fourth-order valence-corrected chi connectivity index (χ4v) is 3.64. The number of aromatic nitrogens is 1. The van der Waals surface area contributed by atoms with Crippen molar-refractivity contribution in [3.05, 3.63) is 31.9 Å². The second-order valence-corrected chi connectivity index (χ2v) is 6.34. The van der Waals surface area contributed by atoms with E-state index in [0.717, 1.165) is 16.1 Å². The summed E-state index contributed by atoms with van der Waals surface area (Å²) >= 11 is 6.55. The predicted molar refractivity (Wildman–Crippen MR) is 77.6 cm³/mol. The minimum atomic E-state index is -0.398. The molecule has 0 saturated heterocycles. The second kappa shape index (κ2) is 5.81. The van der Waals surface area contributed by atoms with Gasteiger partial charge >= 0.3 is 5.97 Å². The first-order valence-corrected chi connectivity index (χ1v) is 7.63. The molecule has 0 bridgehead atoms. The van der Waals surface area contributed by atoms with Gasteiger partial charge in [0.25, 0.3) is 0 Å². The van der Waals surface area contributed by atoms with Gasteiger partial charge in [0.1, 0.15) is 0 Å². The third kappa shape index (κ3) is 3.09. The molecular formula is C11H11BrN2O2S2. The van der Waals surface area contributed by atoms with Crippen molar-refractivity contribution in [1.82, 2.24) is 4.98 Å². The molecular weight excluding hydrogens is 336 g/mol. The minimum absolute atomic E-state index is 0.358. The highest BCUT2D eigenvalue weighted by Crippen LogP contribution is 2.25. The molecule has 2 heterocycles. The number of halogens is 1. The Labute approximate surface area is 121 Å². The summed E-state index contributed by atoms with van der Waals surface area (Å²) in [6, 6.07) is 2.08. The van der Waals surface area contributed by atoms with E-state index < -0.39 is 5.97 Å². The number of rotatable bonds is 4. The van der Waals surface area contributed by atoms with Crippen LogP contribution in [0, 0.1) is 0 Å². The molecule has 0 aliphatic rings. The Morgan fingerprint density at radius 3 is 2.89 bits per heavy atom. The molecule has 0 radical (unpaired) electrons. The van der Waals surface area contributed by atoms with Crippen molar-refractivity contribution in [2.45, 2.75) is 6.54 Å². The number of esters is 1. The predicted octanol–water partition coefficient (Wildman–Crippen LogP) is 3.39. The van der Waals surface area contributed by atoms with Gasteiger partial charge in [0, 0.05) is 27.2 Å². The van der Waals surface area contributed by atoms with Crippen molar-refractivity contribution >= 4 is 49.7 Å². The van der Waals surface area contributed by atoms with E-state index in [1.807, 2.05) is 17.3 Å². The molecule has 96 valence electrons. The monoisotopic (exact) mass is 346 g/mol. The molecule has 18 heavy (non-hydrogen) atoms. The largest absolute Gasteiger partial charge is 0.464 e. The molecule has 0 aliphatic carbocycles. The van der Waals surface area contributed by atoms with Crippen LogP contribution in [0.15, 0.2) is 21.3 Å². The lowest BCUT2D eigenvalue weighted by molar-refractivity contribution is 0.0595. The van der Waals surface area contributed by atoms with Gasteiger partial charge in [-0.15, -0.1) is 22.7 Å². The summed E-state index contributed by atoms with van der Waals surface area (Å²) in [5, 5.41) is 4.56. The Morgan fingerprint density at radius 1 is 1.50 bits per heavy atom. The smallest absolute Gasteiger partial charge is 0.357 e. The zero-order valence-electron chi connectivity index (χ0n) is 9.84. The highest BCUT2D eigenvalue weighted by molar-refractivity contribution is 9.10. The molecule has 0 aliphatic heterocycles. The molecule has 2 aromatic heterocycles. The highest BCUT2D eigenvalue weighted by atomic mass is 79.9. The first kappa shape index (κ1) is 13.5. The SMILES string of the molecule is COC(=O)c1csc(N(C)Cc2cc(Br)cs2)n1. The summed E-state index contributed by atoms with van der Waals surface area (Å²) in [6.45, 7) is 0.768. The number of hydrogen-bond acceptors (Lipinski definition) is 6. The molecule has 0 amide bonds. The summed E-state index contributed by atoms with van der Waals surface area (Å²) < 4.78 is 5.72. The summed E-state index contributed by atoms with van der Waals surface area (Å²) in [6.07, 6.45) is 0. The van der Waals surface area contributed by atoms with E-state index in [2.05, 4.69) is 31.7 Å². The van der Waals surface area contributed by atoms with Crippen molar-refractivity contribution in [2.75, 3.05) is 19.1 Å². The summed E-state index contributed by atoms with van der Waals surface area (Å²) in [4.78, 5) is 18.8. The van der Waals surface area contributed by atoms with Crippen molar-refractivity contribution in [3.63, 3.8) is 0 Å². The number of thiazole rings is 1. The maximum absolute atomic E-state index is 11.3. The van der Waals surface area contributed by atoms with Crippen LogP contribution in [0.5, 0.6) is 0 Å². The van der Waals surface area contributed by atoms with E-state index in [-0.39, 0.29) is 0 Å². The van der Waals surface area contributed by atoms with E-state index in [9.17, 15) is 4.79 Å². The van der Waals surface area contributed by atoms with Gasteiger partial charge in [0.15, 0.2) is 10.8 Å². The Balaban J connectivity index is 2.07. The number of methoxy groups -OCH3 is 1. The van der Waals surface area contributed by atoms with E-state index >= 15 is 0 Å². The highest BCUT2D eigenvalue weighted by Gasteiger charge is 2.13. The standard InChI is InChI=1S/C11H11BrN2O2S2/c1-14(4-8-3-7(12)5-17-8)11-13-9(6-18-11)10(15)16-2/h3,5-6H,4H2,1-2H3. The molecule has 4 nitrogen and oxygen atoms in total. The first-order chi connectivity index (χ1) is 8.60. The van der Waals surface area contributed by atoms with E-state index in [4.69, 9.17) is 0 Å². The Bertz CT molecular complexity index is 553. The van der Waals surface area contributed by atoms with Gasteiger partial charge in [-0.1, -0.05) is 0 Å². The van der Waals surface area contributed by atoms with Gasteiger partial charge in [0.2, 0.25) is 0 Å². The molecule has 7 heteroatoms. The van der Waals surface area contributed by atoms with Crippen molar-refractivity contribution < 1.29 is 9.53 Å². The fraction of sp³-hybridized carbons (Fsp3) is 0.273. The summed E-state index contributed by atoms with van der Waals surface area (Å²) in [5.74, 6) is -0.398. The zero-order valence-corrected chi connectivity index (χ0v) is 13.1. The number of nitrogens with zero attached hydrogens (tertiary/aromatic N) is 2. The van der Waals surface area contributed by atoms with Crippen molar-refractivity contribution in [1.29, 1.82) is 0 Å². The van der Waals surface area contributed by atoms with Gasteiger partial charge < -0.3 is 9.64 Å². The average Bonchev–Trinajstić information content (AvgIpc) is 2.97. The number of hydrogen-bond donors (Lipinski definition) is 0.